The van der Waals surface area contributed by atoms with Crippen molar-refractivity contribution in [3.63, 3.8) is 0 Å². The molecule has 1 aromatic carbocycles. The summed E-state index contributed by atoms with van der Waals surface area (Å²) in [7, 11) is 1.39. The van der Waals surface area contributed by atoms with E-state index in [2.05, 4.69) is 5.32 Å². The van der Waals surface area contributed by atoms with Crippen molar-refractivity contribution in [1.29, 1.82) is 0 Å². The molecule has 0 radical (unpaired) electrons. The predicted molar refractivity (Wildman–Crippen MR) is 86.3 cm³/mol. The second kappa shape index (κ2) is 7.87. The SMILES string of the molecule is COC(=O)C1CCCN1CCC(=O)Nc1ccc(C(C)=O)cc1. The molecular formula is C17H22N2O4. The van der Waals surface area contributed by atoms with Crippen molar-refractivity contribution in [2.75, 3.05) is 25.5 Å². The third-order valence-electron chi connectivity index (χ3n) is 4.04. The molecule has 1 aromatic rings. The van der Waals surface area contributed by atoms with Gasteiger partial charge in [0.2, 0.25) is 5.91 Å². The molecule has 0 aromatic heterocycles. The Hall–Kier alpha value is -2.21. The quantitative estimate of drug-likeness (QED) is 0.640. The number of ether oxygens (including phenoxy) is 1. The van der Waals surface area contributed by atoms with E-state index in [9.17, 15) is 14.4 Å². The van der Waals surface area contributed by atoms with Gasteiger partial charge in [-0.25, -0.2) is 0 Å². The highest BCUT2D eigenvalue weighted by atomic mass is 16.5. The standard InChI is InChI=1S/C17H22N2O4/c1-12(20)13-5-7-14(8-6-13)18-16(21)9-11-19-10-3-4-15(19)17(22)23-2/h5-8,15H,3-4,9-11H2,1-2H3,(H,18,21). The number of ketones is 1. The van der Waals surface area contributed by atoms with Gasteiger partial charge in [-0.05, 0) is 50.6 Å². The van der Waals surface area contributed by atoms with Crippen LogP contribution >= 0.6 is 0 Å². The monoisotopic (exact) mass is 318 g/mol. The smallest absolute Gasteiger partial charge is 0.323 e. The van der Waals surface area contributed by atoms with Gasteiger partial charge in [0.15, 0.2) is 5.78 Å². The van der Waals surface area contributed by atoms with E-state index in [4.69, 9.17) is 4.74 Å². The fourth-order valence-electron chi connectivity index (χ4n) is 2.75. The van der Waals surface area contributed by atoms with Gasteiger partial charge in [-0.15, -0.1) is 0 Å². The zero-order valence-electron chi connectivity index (χ0n) is 13.5. The van der Waals surface area contributed by atoms with E-state index in [0.29, 0.717) is 24.2 Å². The first-order chi connectivity index (χ1) is 11.0. The lowest BCUT2D eigenvalue weighted by atomic mass is 10.1. The van der Waals surface area contributed by atoms with Gasteiger partial charge in [-0.1, -0.05) is 0 Å². The minimum absolute atomic E-state index is 0.00855. The summed E-state index contributed by atoms with van der Waals surface area (Å²) in [5.41, 5.74) is 1.27. The number of nitrogens with one attached hydrogen (secondary N) is 1. The molecule has 1 saturated heterocycles. The molecule has 2 rings (SSSR count). The topological polar surface area (TPSA) is 75.7 Å². The summed E-state index contributed by atoms with van der Waals surface area (Å²) in [6.45, 7) is 2.83. The number of methoxy groups -OCH3 is 1. The Bertz CT molecular complexity index is 583. The van der Waals surface area contributed by atoms with Crippen LogP contribution in [0.2, 0.25) is 0 Å². The molecule has 1 heterocycles. The van der Waals surface area contributed by atoms with E-state index in [0.717, 1.165) is 19.4 Å². The lowest BCUT2D eigenvalue weighted by Crippen LogP contribution is -2.38. The maximum atomic E-state index is 12.0. The minimum atomic E-state index is -0.234. The van der Waals surface area contributed by atoms with E-state index in [1.165, 1.54) is 14.0 Å². The van der Waals surface area contributed by atoms with Crippen molar-refractivity contribution >= 4 is 23.3 Å². The number of hydrogen-bond donors (Lipinski definition) is 1. The lowest BCUT2D eigenvalue weighted by Gasteiger charge is -2.21. The lowest BCUT2D eigenvalue weighted by molar-refractivity contribution is -0.146. The zero-order chi connectivity index (χ0) is 16.8. The van der Waals surface area contributed by atoms with Crippen molar-refractivity contribution in [2.24, 2.45) is 0 Å². The molecule has 1 amide bonds. The molecule has 1 fully saturated rings. The molecule has 0 saturated carbocycles. The number of esters is 1. The number of nitrogens with zero attached hydrogens (tertiary/aromatic N) is 1. The van der Waals surface area contributed by atoms with Crippen LogP contribution in [-0.2, 0) is 14.3 Å². The normalized spacial score (nSPS) is 17.7. The molecule has 124 valence electrons. The van der Waals surface area contributed by atoms with Crippen molar-refractivity contribution < 1.29 is 19.1 Å². The number of benzene rings is 1. The van der Waals surface area contributed by atoms with Gasteiger partial charge >= 0.3 is 5.97 Å². The summed E-state index contributed by atoms with van der Waals surface area (Å²) < 4.78 is 4.79. The number of rotatable bonds is 6. The Labute approximate surface area is 135 Å². The van der Waals surface area contributed by atoms with Crippen LogP contribution < -0.4 is 5.32 Å². The van der Waals surface area contributed by atoms with E-state index < -0.39 is 0 Å². The molecule has 0 bridgehead atoms. The molecule has 1 aliphatic heterocycles. The van der Waals surface area contributed by atoms with Crippen LogP contribution in [0.4, 0.5) is 5.69 Å². The zero-order valence-corrected chi connectivity index (χ0v) is 13.5. The number of carbonyl (C=O) groups is 3. The first-order valence-corrected chi connectivity index (χ1v) is 7.74. The number of amides is 1. The summed E-state index contributed by atoms with van der Waals surface area (Å²) in [6, 6.07) is 6.56. The van der Waals surface area contributed by atoms with Crippen molar-refractivity contribution in [1.82, 2.24) is 4.90 Å². The summed E-state index contributed by atoms with van der Waals surface area (Å²) in [4.78, 5) is 36.9. The van der Waals surface area contributed by atoms with Gasteiger partial charge < -0.3 is 10.1 Å². The first kappa shape index (κ1) is 17.1. The third kappa shape index (κ3) is 4.63. The number of hydrogen-bond acceptors (Lipinski definition) is 5. The molecule has 23 heavy (non-hydrogen) atoms. The van der Waals surface area contributed by atoms with Crippen LogP contribution in [-0.4, -0.2) is 48.8 Å². The van der Waals surface area contributed by atoms with E-state index in [1.807, 2.05) is 4.90 Å². The van der Waals surface area contributed by atoms with Gasteiger partial charge in [-0.2, -0.15) is 0 Å². The largest absolute Gasteiger partial charge is 0.468 e. The number of anilines is 1. The Morgan fingerprint density at radius 1 is 1.26 bits per heavy atom. The molecule has 1 aliphatic rings. The molecule has 6 nitrogen and oxygen atoms in total. The van der Waals surface area contributed by atoms with E-state index in [-0.39, 0.29) is 23.7 Å². The fourth-order valence-corrected chi connectivity index (χ4v) is 2.75. The highest BCUT2D eigenvalue weighted by Gasteiger charge is 2.31. The van der Waals surface area contributed by atoms with Gasteiger partial charge in [-0.3, -0.25) is 19.3 Å². The molecule has 0 aliphatic carbocycles. The summed E-state index contributed by atoms with van der Waals surface area (Å²) in [6.07, 6.45) is 2.02. The molecule has 6 heteroatoms. The third-order valence-corrected chi connectivity index (χ3v) is 4.04. The highest BCUT2D eigenvalue weighted by molar-refractivity contribution is 5.95. The van der Waals surface area contributed by atoms with Crippen LogP contribution in [0.5, 0.6) is 0 Å². The summed E-state index contributed by atoms with van der Waals surface area (Å²) >= 11 is 0. The second-order valence-corrected chi connectivity index (χ2v) is 5.65. The average molecular weight is 318 g/mol. The van der Waals surface area contributed by atoms with Crippen LogP contribution in [0.3, 0.4) is 0 Å². The van der Waals surface area contributed by atoms with Gasteiger partial charge in [0, 0.05) is 24.2 Å². The Kier molecular flexibility index (Phi) is 5.87. The van der Waals surface area contributed by atoms with Gasteiger partial charge in [0.1, 0.15) is 6.04 Å². The van der Waals surface area contributed by atoms with Crippen LogP contribution in [0, 0.1) is 0 Å². The number of Topliss-reactive ketones (excluding diaryl/α,β-unsaturated/α-hetero) is 1. The molecule has 1 unspecified atom stereocenters. The van der Waals surface area contributed by atoms with Crippen molar-refractivity contribution in [3.05, 3.63) is 29.8 Å². The Morgan fingerprint density at radius 2 is 1.96 bits per heavy atom. The first-order valence-electron chi connectivity index (χ1n) is 7.74. The van der Waals surface area contributed by atoms with Crippen LogP contribution in [0.25, 0.3) is 0 Å². The number of likely N-dealkylation sites (tertiary alicyclic amines) is 1. The minimum Gasteiger partial charge on any atom is -0.468 e. The maximum absolute atomic E-state index is 12.0. The van der Waals surface area contributed by atoms with Gasteiger partial charge in [0.05, 0.1) is 7.11 Å². The van der Waals surface area contributed by atoms with Crippen molar-refractivity contribution in [2.45, 2.75) is 32.2 Å². The number of carbonyl (C=O) groups excluding carboxylic acids is 3. The Morgan fingerprint density at radius 3 is 2.57 bits per heavy atom. The molecular weight excluding hydrogens is 296 g/mol. The van der Waals surface area contributed by atoms with E-state index >= 15 is 0 Å². The summed E-state index contributed by atoms with van der Waals surface area (Å²) in [5.74, 6) is -0.357. The predicted octanol–water partition coefficient (Wildman–Crippen LogP) is 1.86. The van der Waals surface area contributed by atoms with Gasteiger partial charge in [0.25, 0.3) is 0 Å². The molecule has 1 atom stereocenters. The second-order valence-electron chi connectivity index (χ2n) is 5.65. The van der Waals surface area contributed by atoms with Crippen LogP contribution in [0.1, 0.15) is 36.5 Å². The van der Waals surface area contributed by atoms with E-state index in [1.54, 1.807) is 24.3 Å². The maximum Gasteiger partial charge on any atom is 0.323 e. The molecule has 0 spiro atoms. The molecule has 1 N–H and O–H groups in total. The fraction of sp³-hybridized carbons (Fsp3) is 0.471. The average Bonchev–Trinajstić information content (AvgIpc) is 3.01. The van der Waals surface area contributed by atoms with Crippen molar-refractivity contribution in [3.8, 4) is 0 Å². The Balaban J connectivity index is 1.83. The van der Waals surface area contributed by atoms with Crippen LogP contribution in [0.15, 0.2) is 24.3 Å². The highest BCUT2D eigenvalue weighted by Crippen LogP contribution is 2.18. The summed E-state index contributed by atoms with van der Waals surface area (Å²) in [5, 5.41) is 2.80.